The largest absolute Gasteiger partial charge is 0.398 e. The zero-order chi connectivity index (χ0) is 13.0. The third-order valence-electron chi connectivity index (χ3n) is 2.73. The molecular weight excluding hydrogens is 246 g/mol. The summed E-state index contributed by atoms with van der Waals surface area (Å²) in [6, 6.07) is 7.50. The van der Waals surface area contributed by atoms with E-state index >= 15 is 0 Å². The molecule has 1 atom stereocenters. The van der Waals surface area contributed by atoms with Crippen LogP contribution < -0.4 is 5.73 Å². The molecule has 0 saturated carbocycles. The normalized spacial score (nSPS) is 12.6. The van der Waals surface area contributed by atoms with Crippen molar-refractivity contribution in [3.05, 3.63) is 30.1 Å². The molecule has 1 aromatic heterocycles. The number of nitrogens with zero attached hydrogens (tertiary/aromatic N) is 2. The van der Waals surface area contributed by atoms with Gasteiger partial charge in [0.25, 0.3) is 5.89 Å². The number of rotatable bonds is 5. The van der Waals surface area contributed by atoms with E-state index in [2.05, 4.69) is 24.0 Å². The summed E-state index contributed by atoms with van der Waals surface area (Å²) < 4.78 is 5.24. The molecule has 0 bridgehead atoms. The van der Waals surface area contributed by atoms with Gasteiger partial charge in [-0.15, -0.1) is 0 Å². The highest BCUT2D eigenvalue weighted by atomic mass is 32.2. The van der Waals surface area contributed by atoms with E-state index in [0.717, 1.165) is 23.6 Å². The molecule has 96 valence electrons. The number of hydrogen-bond acceptors (Lipinski definition) is 5. The number of para-hydroxylation sites is 1. The molecule has 1 heterocycles. The first-order valence-electron chi connectivity index (χ1n) is 5.99. The molecule has 1 unspecified atom stereocenters. The van der Waals surface area contributed by atoms with Crippen molar-refractivity contribution in [1.82, 2.24) is 10.1 Å². The number of aromatic nitrogens is 2. The second kappa shape index (κ2) is 5.91. The number of hydrogen-bond donors (Lipinski definition) is 1. The maximum atomic E-state index is 5.87. The van der Waals surface area contributed by atoms with Crippen molar-refractivity contribution >= 4 is 17.4 Å². The van der Waals surface area contributed by atoms with Gasteiger partial charge in [-0.1, -0.05) is 31.1 Å². The molecule has 1 aromatic carbocycles. The van der Waals surface area contributed by atoms with Gasteiger partial charge < -0.3 is 10.3 Å². The lowest BCUT2D eigenvalue weighted by Gasteiger charge is -2.04. The summed E-state index contributed by atoms with van der Waals surface area (Å²) in [6.07, 6.45) is 1.14. The smallest absolute Gasteiger partial charge is 0.260 e. The van der Waals surface area contributed by atoms with Crippen molar-refractivity contribution in [2.24, 2.45) is 0 Å². The molecule has 0 aliphatic carbocycles. The second-order valence-electron chi connectivity index (χ2n) is 4.13. The summed E-state index contributed by atoms with van der Waals surface area (Å²) in [5, 5.41) is 4.58. The predicted octanol–water partition coefficient (Wildman–Crippen LogP) is 3.35. The molecule has 0 saturated heterocycles. The van der Waals surface area contributed by atoms with Gasteiger partial charge in [-0.2, -0.15) is 16.7 Å². The Morgan fingerprint density at radius 1 is 1.39 bits per heavy atom. The maximum absolute atomic E-state index is 5.87. The molecule has 0 spiro atoms. The van der Waals surface area contributed by atoms with Crippen molar-refractivity contribution in [3.8, 4) is 11.5 Å². The fourth-order valence-corrected chi connectivity index (χ4v) is 2.23. The van der Waals surface area contributed by atoms with Crippen molar-refractivity contribution < 1.29 is 4.52 Å². The molecule has 0 aliphatic rings. The molecule has 5 heteroatoms. The Labute approximate surface area is 111 Å². The maximum Gasteiger partial charge on any atom is 0.260 e. The first kappa shape index (κ1) is 13.0. The van der Waals surface area contributed by atoms with E-state index in [1.54, 1.807) is 0 Å². The minimum Gasteiger partial charge on any atom is -0.398 e. The van der Waals surface area contributed by atoms with Crippen LogP contribution in [0.15, 0.2) is 28.8 Å². The summed E-state index contributed by atoms with van der Waals surface area (Å²) >= 11 is 1.83. The highest BCUT2D eigenvalue weighted by Crippen LogP contribution is 2.25. The van der Waals surface area contributed by atoms with Gasteiger partial charge in [0.2, 0.25) is 0 Å². The SMILES string of the molecule is CCC(C)SCc1noc(-c2ccccc2N)n1. The molecule has 2 N–H and O–H groups in total. The van der Waals surface area contributed by atoms with Crippen LogP contribution >= 0.6 is 11.8 Å². The summed E-state index contributed by atoms with van der Waals surface area (Å²) in [4.78, 5) is 4.37. The number of benzene rings is 1. The zero-order valence-electron chi connectivity index (χ0n) is 10.6. The van der Waals surface area contributed by atoms with E-state index < -0.39 is 0 Å². The van der Waals surface area contributed by atoms with E-state index in [1.165, 1.54) is 0 Å². The van der Waals surface area contributed by atoms with E-state index in [0.29, 0.717) is 16.8 Å². The van der Waals surface area contributed by atoms with Crippen LogP contribution in [-0.4, -0.2) is 15.4 Å². The Morgan fingerprint density at radius 3 is 2.89 bits per heavy atom. The molecule has 0 radical (unpaired) electrons. The predicted molar refractivity (Wildman–Crippen MR) is 75.2 cm³/mol. The Bertz CT molecular complexity index is 512. The number of anilines is 1. The average molecular weight is 263 g/mol. The van der Waals surface area contributed by atoms with Crippen LogP contribution in [0.3, 0.4) is 0 Å². The minimum atomic E-state index is 0.493. The van der Waals surface area contributed by atoms with Crippen molar-refractivity contribution in [1.29, 1.82) is 0 Å². The number of nitrogens with two attached hydrogens (primary N) is 1. The van der Waals surface area contributed by atoms with Crippen LogP contribution in [0.1, 0.15) is 26.1 Å². The van der Waals surface area contributed by atoms with E-state index in [4.69, 9.17) is 10.3 Å². The van der Waals surface area contributed by atoms with Gasteiger partial charge in [0.1, 0.15) is 0 Å². The molecule has 4 nitrogen and oxygen atoms in total. The van der Waals surface area contributed by atoms with Crippen LogP contribution in [0.25, 0.3) is 11.5 Å². The third kappa shape index (κ3) is 3.04. The Morgan fingerprint density at radius 2 is 2.17 bits per heavy atom. The van der Waals surface area contributed by atoms with Gasteiger partial charge in [-0.25, -0.2) is 0 Å². The summed E-state index contributed by atoms with van der Waals surface area (Å²) in [6.45, 7) is 4.37. The van der Waals surface area contributed by atoms with Gasteiger partial charge >= 0.3 is 0 Å². The van der Waals surface area contributed by atoms with E-state index in [9.17, 15) is 0 Å². The van der Waals surface area contributed by atoms with Crippen LogP contribution in [0.4, 0.5) is 5.69 Å². The van der Waals surface area contributed by atoms with Crippen molar-refractivity contribution in [2.75, 3.05) is 5.73 Å². The number of thioether (sulfide) groups is 1. The summed E-state index contributed by atoms with van der Waals surface area (Å²) in [7, 11) is 0. The van der Waals surface area contributed by atoms with Gasteiger partial charge in [0, 0.05) is 10.9 Å². The summed E-state index contributed by atoms with van der Waals surface area (Å²) in [5.41, 5.74) is 7.32. The average Bonchev–Trinajstić information content (AvgIpc) is 2.85. The van der Waals surface area contributed by atoms with E-state index in [-0.39, 0.29) is 0 Å². The first-order valence-corrected chi connectivity index (χ1v) is 7.04. The molecular formula is C13H17N3OS. The number of nitrogen functional groups attached to an aromatic ring is 1. The van der Waals surface area contributed by atoms with Gasteiger partial charge in [0.05, 0.1) is 11.3 Å². The zero-order valence-corrected chi connectivity index (χ0v) is 11.4. The topological polar surface area (TPSA) is 64.9 Å². The summed E-state index contributed by atoms with van der Waals surface area (Å²) in [5.74, 6) is 1.98. The van der Waals surface area contributed by atoms with Crippen LogP contribution in [0.5, 0.6) is 0 Å². The van der Waals surface area contributed by atoms with Gasteiger partial charge in [-0.3, -0.25) is 0 Å². The van der Waals surface area contributed by atoms with E-state index in [1.807, 2.05) is 36.0 Å². The minimum absolute atomic E-state index is 0.493. The fraction of sp³-hybridized carbons (Fsp3) is 0.385. The lowest BCUT2D eigenvalue weighted by Crippen LogP contribution is -1.95. The molecule has 0 fully saturated rings. The van der Waals surface area contributed by atoms with Crippen LogP contribution in [0, 0.1) is 0 Å². The quantitative estimate of drug-likeness (QED) is 0.838. The molecule has 2 rings (SSSR count). The Kier molecular flexibility index (Phi) is 4.25. The highest BCUT2D eigenvalue weighted by molar-refractivity contribution is 7.99. The standard InChI is InChI=1S/C13H17N3OS/c1-3-9(2)18-8-12-15-13(17-16-12)10-6-4-5-7-11(10)14/h4-7,9H,3,8,14H2,1-2H3. The molecule has 0 aliphatic heterocycles. The van der Waals surface area contributed by atoms with Gasteiger partial charge in [-0.05, 0) is 18.6 Å². The molecule has 0 amide bonds. The van der Waals surface area contributed by atoms with Crippen molar-refractivity contribution in [2.45, 2.75) is 31.3 Å². The third-order valence-corrected chi connectivity index (χ3v) is 4.06. The Balaban J connectivity index is 2.09. The lowest BCUT2D eigenvalue weighted by molar-refractivity contribution is 0.425. The Hall–Kier alpha value is -1.49. The molecule has 2 aromatic rings. The monoisotopic (exact) mass is 263 g/mol. The van der Waals surface area contributed by atoms with Crippen LogP contribution in [0.2, 0.25) is 0 Å². The molecule has 18 heavy (non-hydrogen) atoms. The second-order valence-corrected chi connectivity index (χ2v) is 5.56. The van der Waals surface area contributed by atoms with Crippen molar-refractivity contribution in [3.63, 3.8) is 0 Å². The van der Waals surface area contributed by atoms with Gasteiger partial charge in [0.15, 0.2) is 5.82 Å². The van der Waals surface area contributed by atoms with Crippen LogP contribution in [-0.2, 0) is 5.75 Å². The first-order chi connectivity index (χ1) is 8.70. The fourth-order valence-electron chi connectivity index (χ4n) is 1.45. The highest BCUT2D eigenvalue weighted by Gasteiger charge is 2.11. The lowest BCUT2D eigenvalue weighted by atomic mass is 10.2.